The molecule has 0 unspecified atom stereocenters. The third kappa shape index (κ3) is 3.57. The molecule has 1 rings (SSSR count). The highest BCUT2D eigenvalue weighted by atomic mass is 16.1. The van der Waals surface area contributed by atoms with Crippen LogP contribution in [0.15, 0.2) is 12.3 Å². The summed E-state index contributed by atoms with van der Waals surface area (Å²) < 4.78 is 1.65. The Labute approximate surface area is 83.7 Å². The van der Waals surface area contributed by atoms with Crippen molar-refractivity contribution in [2.75, 3.05) is 26.0 Å². The Morgan fingerprint density at radius 3 is 2.86 bits per heavy atom. The zero-order chi connectivity index (χ0) is 10.6. The summed E-state index contributed by atoms with van der Waals surface area (Å²) in [7, 11) is 5.69. The van der Waals surface area contributed by atoms with E-state index in [1.54, 1.807) is 16.9 Å². The van der Waals surface area contributed by atoms with Gasteiger partial charge in [-0.05, 0) is 14.1 Å². The van der Waals surface area contributed by atoms with Crippen LogP contribution in [0.2, 0.25) is 0 Å². The molecule has 5 heteroatoms. The summed E-state index contributed by atoms with van der Waals surface area (Å²) in [6, 6.07) is 1.77. The highest BCUT2D eigenvalue weighted by Gasteiger charge is 2.04. The fraction of sp³-hybridized carbons (Fsp3) is 0.556. The van der Waals surface area contributed by atoms with E-state index in [2.05, 4.69) is 10.4 Å². The fourth-order valence-electron chi connectivity index (χ4n) is 1.01. The van der Waals surface area contributed by atoms with E-state index in [1.807, 2.05) is 26.0 Å². The largest absolute Gasteiger partial charge is 0.309 e. The lowest BCUT2D eigenvalue weighted by Crippen LogP contribution is -2.21. The van der Waals surface area contributed by atoms with Gasteiger partial charge in [0.25, 0.3) is 0 Å². The second kappa shape index (κ2) is 4.76. The number of nitrogens with zero attached hydrogens (tertiary/aromatic N) is 3. The van der Waals surface area contributed by atoms with Crippen LogP contribution in [0.25, 0.3) is 0 Å². The van der Waals surface area contributed by atoms with Crippen molar-refractivity contribution in [1.82, 2.24) is 14.7 Å². The van der Waals surface area contributed by atoms with Crippen molar-refractivity contribution in [1.29, 1.82) is 0 Å². The van der Waals surface area contributed by atoms with Crippen LogP contribution in [0.1, 0.15) is 6.42 Å². The molecule has 0 aliphatic heterocycles. The average molecular weight is 196 g/mol. The molecule has 0 atom stereocenters. The average Bonchev–Trinajstić information content (AvgIpc) is 2.48. The third-order valence-electron chi connectivity index (χ3n) is 1.77. The van der Waals surface area contributed by atoms with Gasteiger partial charge in [0.1, 0.15) is 0 Å². The number of aromatic nitrogens is 2. The van der Waals surface area contributed by atoms with Gasteiger partial charge < -0.3 is 10.2 Å². The Morgan fingerprint density at radius 1 is 1.64 bits per heavy atom. The van der Waals surface area contributed by atoms with Crippen LogP contribution in [-0.4, -0.2) is 41.2 Å². The fourth-order valence-corrected chi connectivity index (χ4v) is 1.01. The quantitative estimate of drug-likeness (QED) is 0.754. The highest BCUT2D eigenvalue weighted by molar-refractivity contribution is 5.89. The van der Waals surface area contributed by atoms with Crippen molar-refractivity contribution in [2.24, 2.45) is 7.05 Å². The Hall–Kier alpha value is -1.36. The van der Waals surface area contributed by atoms with Crippen molar-refractivity contribution in [2.45, 2.75) is 6.42 Å². The summed E-state index contributed by atoms with van der Waals surface area (Å²) in [5.74, 6) is 0.605. The molecular formula is C9H16N4O. The van der Waals surface area contributed by atoms with Gasteiger partial charge in [-0.1, -0.05) is 0 Å². The Bertz CT molecular complexity index is 306. The van der Waals surface area contributed by atoms with Crippen molar-refractivity contribution in [3.05, 3.63) is 12.3 Å². The number of rotatable bonds is 4. The monoisotopic (exact) mass is 196 g/mol. The van der Waals surface area contributed by atoms with Crippen LogP contribution in [0.4, 0.5) is 5.82 Å². The Morgan fingerprint density at radius 2 is 2.36 bits per heavy atom. The number of carbonyl (C=O) groups excluding carboxylic acids is 1. The summed E-state index contributed by atoms with van der Waals surface area (Å²) >= 11 is 0. The van der Waals surface area contributed by atoms with Crippen LogP contribution in [-0.2, 0) is 11.8 Å². The van der Waals surface area contributed by atoms with Crippen LogP contribution in [0.5, 0.6) is 0 Å². The minimum atomic E-state index is -0.00241. The van der Waals surface area contributed by atoms with Gasteiger partial charge in [0, 0.05) is 32.3 Å². The van der Waals surface area contributed by atoms with Gasteiger partial charge in [0.05, 0.1) is 0 Å². The molecule has 78 valence electrons. The van der Waals surface area contributed by atoms with Gasteiger partial charge in [-0.3, -0.25) is 9.48 Å². The summed E-state index contributed by atoms with van der Waals surface area (Å²) in [6.07, 6.45) is 2.28. The number of nitrogens with one attached hydrogen (secondary N) is 1. The Kier molecular flexibility index (Phi) is 3.64. The molecule has 0 aliphatic carbocycles. The van der Waals surface area contributed by atoms with E-state index >= 15 is 0 Å². The number of aryl methyl sites for hydroxylation is 1. The van der Waals surface area contributed by atoms with Crippen molar-refractivity contribution >= 4 is 11.7 Å². The molecule has 1 N–H and O–H groups in total. The normalized spacial score (nSPS) is 10.6. The first-order valence-electron chi connectivity index (χ1n) is 4.52. The molecule has 0 saturated carbocycles. The number of amides is 1. The number of carbonyl (C=O) groups is 1. The first-order valence-corrected chi connectivity index (χ1v) is 4.52. The lowest BCUT2D eigenvalue weighted by atomic mass is 10.4. The molecule has 1 aromatic rings. The first-order chi connectivity index (χ1) is 6.58. The highest BCUT2D eigenvalue weighted by Crippen LogP contribution is 2.01. The predicted molar refractivity (Wildman–Crippen MR) is 55.0 cm³/mol. The van der Waals surface area contributed by atoms with Gasteiger partial charge in [0.2, 0.25) is 5.91 Å². The van der Waals surface area contributed by atoms with Crippen LogP contribution >= 0.6 is 0 Å². The van der Waals surface area contributed by atoms with E-state index in [4.69, 9.17) is 0 Å². The van der Waals surface area contributed by atoms with Crippen molar-refractivity contribution < 1.29 is 4.79 Å². The zero-order valence-corrected chi connectivity index (χ0v) is 8.82. The molecule has 5 nitrogen and oxygen atoms in total. The lowest BCUT2D eigenvalue weighted by molar-refractivity contribution is -0.116. The first kappa shape index (κ1) is 10.7. The lowest BCUT2D eigenvalue weighted by Gasteiger charge is -2.08. The SMILES string of the molecule is CN(C)CCC(=O)Nc1ccn(C)n1. The van der Waals surface area contributed by atoms with E-state index < -0.39 is 0 Å². The molecule has 0 fully saturated rings. The summed E-state index contributed by atoms with van der Waals surface area (Å²) in [4.78, 5) is 13.3. The molecule has 0 spiro atoms. The number of hydrogen-bond acceptors (Lipinski definition) is 3. The van der Waals surface area contributed by atoms with Gasteiger partial charge in [-0.2, -0.15) is 5.10 Å². The molecule has 1 amide bonds. The van der Waals surface area contributed by atoms with Gasteiger partial charge in [-0.15, -0.1) is 0 Å². The maximum Gasteiger partial charge on any atom is 0.226 e. The summed E-state index contributed by atoms with van der Waals surface area (Å²) in [5, 5.41) is 6.77. The standard InChI is InChI=1S/C9H16N4O/c1-12(2)6-5-9(14)10-8-4-7-13(3)11-8/h4,7H,5-6H2,1-3H3,(H,10,11,14). The smallest absolute Gasteiger partial charge is 0.226 e. The molecule has 0 aromatic carbocycles. The predicted octanol–water partition coefficient (Wildman–Crippen LogP) is 0.310. The molecule has 0 saturated heterocycles. The van der Waals surface area contributed by atoms with E-state index in [-0.39, 0.29) is 5.91 Å². The van der Waals surface area contributed by atoms with E-state index in [0.29, 0.717) is 12.2 Å². The second-order valence-electron chi connectivity index (χ2n) is 3.48. The van der Waals surface area contributed by atoms with Crippen LogP contribution < -0.4 is 5.32 Å². The second-order valence-corrected chi connectivity index (χ2v) is 3.48. The minimum Gasteiger partial charge on any atom is -0.309 e. The van der Waals surface area contributed by atoms with Gasteiger partial charge >= 0.3 is 0 Å². The van der Waals surface area contributed by atoms with E-state index in [9.17, 15) is 4.79 Å². The minimum absolute atomic E-state index is 0.00241. The Balaban J connectivity index is 2.34. The number of hydrogen-bond donors (Lipinski definition) is 1. The van der Waals surface area contributed by atoms with Gasteiger partial charge in [0.15, 0.2) is 5.82 Å². The molecule has 14 heavy (non-hydrogen) atoms. The summed E-state index contributed by atoms with van der Waals surface area (Å²) in [6.45, 7) is 0.749. The molecule has 0 aliphatic rings. The topological polar surface area (TPSA) is 50.2 Å². The molecule has 0 bridgehead atoms. The molecular weight excluding hydrogens is 180 g/mol. The van der Waals surface area contributed by atoms with Crippen LogP contribution in [0, 0.1) is 0 Å². The maximum absolute atomic E-state index is 11.3. The van der Waals surface area contributed by atoms with Crippen molar-refractivity contribution in [3.8, 4) is 0 Å². The van der Waals surface area contributed by atoms with E-state index in [1.165, 1.54) is 0 Å². The summed E-state index contributed by atoms with van der Waals surface area (Å²) in [5.41, 5.74) is 0. The molecule has 1 aromatic heterocycles. The molecule has 1 heterocycles. The van der Waals surface area contributed by atoms with E-state index in [0.717, 1.165) is 6.54 Å². The third-order valence-corrected chi connectivity index (χ3v) is 1.77. The van der Waals surface area contributed by atoms with Crippen molar-refractivity contribution in [3.63, 3.8) is 0 Å². The maximum atomic E-state index is 11.3. The molecule has 0 radical (unpaired) electrons. The van der Waals surface area contributed by atoms with Gasteiger partial charge in [-0.25, -0.2) is 0 Å². The number of anilines is 1. The zero-order valence-electron chi connectivity index (χ0n) is 8.82. The van der Waals surface area contributed by atoms with Crippen LogP contribution in [0.3, 0.4) is 0 Å².